The Labute approximate surface area is 128 Å². The Morgan fingerprint density at radius 1 is 1.32 bits per heavy atom. The maximum absolute atomic E-state index is 11.4. The van der Waals surface area contributed by atoms with E-state index in [2.05, 4.69) is 15.5 Å². The number of para-hydroxylation sites is 1. The SMILES string of the molecule is CC(C)CC(C(=O)O)n1nnnc1CCOc1ccccc1. The highest BCUT2D eigenvalue weighted by Crippen LogP contribution is 2.18. The van der Waals surface area contributed by atoms with Gasteiger partial charge in [0.15, 0.2) is 11.9 Å². The van der Waals surface area contributed by atoms with E-state index in [9.17, 15) is 9.90 Å². The van der Waals surface area contributed by atoms with Gasteiger partial charge in [0.05, 0.1) is 6.61 Å². The van der Waals surface area contributed by atoms with E-state index in [0.717, 1.165) is 5.75 Å². The minimum absolute atomic E-state index is 0.235. The van der Waals surface area contributed by atoms with Crippen LogP contribution < -0.4 is 4.74 Å². The number of ether oxygens (including phenoxy) is 1. The highest BCUT2D eigenvalue weighted by atomic mass is 16.5. The van der Waals surface area contributed by atoms with Gasteiger partial charge in [-0.2, -0.15) is 0 Å². The quantitative estimate of drug-likeness (QED) is 0.802. The number of carbonyl (C=O) groups is 1. The standard InChI is InChI=1S/C15H20N4O3/c1-11(2)10-13(15(20)21)19-14(16-17-18-19)8-9-22-12-6-4-3-5-7-12/h3-7,11,13H,8-10H2,1-2H3,(H,20,21). The average molecular weight is 304 g/mol. The lowest BCUT2D eigenvalue weighted by atomic mass is 10.0. The second-order valence-electron chi connectivity index (χ2n) is 5.43. The third-order valence-electron chi connectivity index (χ3n) is 3.17. The van der Waals surface area contributed by atoms with Crippen molar-refractivity contribution in [2.45, 2.75) is 32.7 Å². The maximum atomic E-state index is 11.4. The summed E-state index contributed by atoms with van der Waals surface area (Å²) in [6, 6.07) is 8.67. The van der Waals surface area contributed by atoms with Gasteiger partial charge in [-0.1, -0.05) is 32.0 Å². The van der Waals surface area contributed by atoms with Gasteiger partial charge in [-0.25, -0.2) is 9.48 Å². The molecule has 22 heavy (non-hydrogen) atoms. The van der Waals surface area contributed by atoms with Crippen LogP contribution in [0.15, 0.2) is 30.3 Å². The molecule has 2 aromatic rings. The Morgan fingerprint density at radius 3 is 2.68 bits per heavy atom. The predicted molar refractivity (Wildman–Crippen MR) is 79.6 cm³/mol. The number of rotatable bonds is 8. The molecule has 1 aromatic carbocycles. The van der Waals surface area contributed by atoms with Crippen molar-refractivity contribution in [2.24, 2.45) is 5.92 Å². The molecule has 1 aromatic heterocycles. The van der Waals surface area contributed by atoms with Crippen LogP contribution in [-0.2, 0) is 11.2 Å². The molecular formula is C15H20N4O3. The van der Waals surface area contributed by atoms with Crippen molar-refractivity contribution in [3.8, 4) is 5.75 Å². The van der Waals surface area contributed by atoms with Crippen molar-refractivity contribution in [1.29, 1.82) is 0 Å². The summed E-state index contributed by atoms with van der Waals surface area (Å²) in [7, 11) is 0. The van der Waals surface area contributed by atoms with E-state index in [1.54, 1.807) is 0 Å². The van der Waals surface area contributed by atoms with Crippen molar-refractivity contribution in [1.82, 2.24) is 20.2 Å². The van der Waals surface area contributed by atoms with Crippen molar-refractivity contribution in [3.63, 3.8) is 0 Å². The number of nitrogens with zero attached hydrogens (tertiary/aromatic N) is 4. The second-order valence-corrected chi connectivity index (χ2v) is 5.43. The zero-order chi connectivity index (χ0) is 15.9. The molecule has 0 radical (unpaired) electrons. The van der Waals surface area contributed by atoms with Crippen LogP contribution in [0.3, 0.4) is 0 Å². The van der Waals surface area contributed by atoms with Crippen molar-refractivity contribution in [2.75, 3.05) is 6.61 Å². The van der Waals surface area contributed by atoms with Crippen LogP contribution in [0.2, 0.25) is 0 Å². The van der Waals surface area contributed by atoms with Crippen molar-refractivity contribution >= 4 is 5.97 Å². The van der Waals surface area contributed by atoms with E-state index in [0.29, 0.717) is 25.3 Å². The molecule has 7 heteroatoms. The monoisotopic (exact) mass is 304 g/mol. The van der Waals surface area contributed by atoms with Gasteiger partial charge in [0.25, 0.3) is 0 Å². The first kappa shape index (κ1) is 15.9. The van der Waals surface area contributed by atoms with Crippen LogP contribution in [0.4, 0.5) is 0 Å². The van der Waals surface area contributed by atoms with Gasteiger partial charge in [0.1, 0.15) is 5.75 Å². The summed E-state index contributed by atoms with van der Waals surface area (Å²) >= 11 is 0. The number of hydrogen-bond acceptors (Lipinski definition) is 5. The topological polar surface area (TPSA) is 90.1 Å². The Balaban J connectivity index is 2.00. The highest BCUT2D eigenvalue weighted by molar-refractivity contribution is 5.71. The third kappa shape index (κ3) is 4.28. The number of aliphatic carboxylic acids is 1. The molecule has 0 fully saturated rings. The molecule has 0 aliphatic heterocycles. The van der Waals surface area contributed by atoms with E-state index in [1.807, 2.05) is 44.2 Å². The molecule has 1 atom stereocenters. The summed E-state index contributed by atoms with van der Waals surface area (Å²) in [6.45, 7) is 4.33. The Bertz CT molecular complexity index is 598. The minimum atomic E-state index is -0.925. The minimum Gasteiger partial charge on any atom is -0.493 e. The Kier molecular flexibility index (Phi) is 5.46. The Hall–Kier alpha value is -2.44. The fourth-order valence-corrected chi connectivity index (χ4v) is 2.15. The van der Waals surface area contributed by atoms with Crippen LogP contribution in [0.1, 0.15) is 32.1 Å². The molecule has 0 amide bonds. The van der Waals surface area contributed by atoms with E-state index in [4.69, 9.17) is 4.74 Å². The lowest BCUT2D eigenvalue weighted by molar-refractivity contribution is -0.141. The summed E-state index contributed by atoms with van der Waals surface area (Å²) in [5.74, 6) is 0.590. The molecule has 118 valence electrons. The van der Waals surface area contributed by atoms with E-state index in [1.165, 1.54) is 4.68 Å². The zero-order valence-corrected chi connectivity index (χ0v) is 12.7. The largest absolute Gasteiger partial charge is 0.493 e. The normalized spacial score (nSPS) is 12.3. The lowest BCUT2D eigenvalue weighted by Gasteiger charge is -2.16. The highest BCUT2D eigenvalue weighted by Gasteiger charge is 2.25. The number of carboxylic acids is 1. The summed E-state index contributed by atoms with van der Waals surface area (Å²) < 4.78 is 6.98. The molecule has 0 spiro atoms. The first-order chi connectivity index (χ1) is 10.6. The molecule has 7 nitrogen and oxygen atoms in total. The Morgan fingerprint density at radius 2 is 2.05 bits per heavy atom. The summed E-state index contributed by atoms with van der Waals surface area (Å²) in [6.07, 6.45) is 0.927. The van der Waals surface area contributed by atoms with Gasteiger partial charge in [0.2, 0.25) is 0 Å². The first-order valence-corrected chi connectivity index (χ1v) is 7.25. The van der Waals surface area contributed by atoms with E-state index < -0.39 is 12.0 Å². The molecule has 0 aliphatic rings. The van der Waals surface area contributed by atoms with Crippen LogP contribution in [0.5, 0.6) is 5.75 Å². The number of aromatic nitrogens is 4. The van der Waals surface area contributed by atoms with Gasteiger partial charge >= 0.3 is 5.97 Å². The van der Waals surface area contributed by atoms with Gasteiger partial charge in [-0.3, -0.25) is 0 Å². The molecule has 0 saturated heterocycles. The number of carboxylic acid groups (broad SMARTS) is 1. The first-order valence-electron chi connectivity index (χ1n) is 7.25. The summed E-state index contributed by atoms with van der Waals surface area (Å²) in [4.78, 5) is 11.4. The maximum Gasteiger partial charge on any atom is 0.328 e. The molecule has 1 heterocycles. The van der Waals surface area contributed by atoms with Crippen LogP contribution in [0.25, 0.3) is 0 Å². The third-order valence-corrected chi connectivity index (χ3v) is 3.17. The lowest BCUT2D eigenvalue weighted by Crippen LogP contribution is -2.24. The molecule has 2 rings (SSSR count). The number of tetrazole rings is 1. The molecule has 0 aliphatic carbocycles. The zero-order valence-electron chi connectivity index (χ0n) is 12.7. The van der Waals surface area contributed by atoms with Crippen LogP contribution in [-0.4, -0.2) is 37.9 Å². The smallest absolute Gasteiger partial charge is 0.328 e. The molecule has 1 unspecified atom stereocenters. The molecule has 1 N–H and O–H groups in total. The van der Waals surface area contributed by atoms with Crippen molar-refractivity contribution < 1.29 is 14.6 Å². The van der Waals surface area contributed by atoms with Crippen LogP contribution >= 0.6 is 0 Å². The fraction of sp³-hybridized carbons (Fsp3) is 0.467. The second kappa shape index (κ2) is 7.53. The van der Waals surface area contributed by atoms with Gasteiger partial charge < -0.3 is 9.84 Å². The van der Waals surface area contributed by atoms with Crippen molar-refractivity contribution in [3.05, 3.63) is 36.2 Å². The molecule has 0 saturated carbocycles. The number of hydrogen-bond donors (Lipinski definition) is 1. The predicted octanol–water partition coefficient (Wildman–Crippen LogP) is 1.97. The summed E-state index contributed by atoms with van der Waals surface area (Å²) in [5.41, 5.74) is 0. The number of benzene rings is 1. The van der Waals surface area contributed by atoms with E-state index in [-0.39, 0.29) is 5.92 Å². The van der Waals surface area contributed by atoms with Gasteiger partial charge in [0, 0.05) is 6.42 Å². The average Bonchev–Trinajstić information content (AvgIpc) is 2.93. The van der Waals surface area contributed by atoms with E-state index >= 15 is 0 Å². The van der Waals surface area contributed by atoms with Crippen LogP contribution in [0, 0.1) is 5.92 Å². The summed E-state index contributed by atoms with van der Waals surface area (Å²) in [5, 5.41) is 20.7. The molecule has 0 bridgehead atoms. The van der Waals surface area contributed by atoms with Gasteiger partial charge in [-0.05, 0) is 34.9 Å². The van der Waals surface area contributed by atoms with Gasteiger partial charge in [-0.15, -0.1) is 5.10 Å². The fourth-order valence-electron chi connectivity index (χ4n) is 2.15. The molecular weight excluding hydrogens is 284 g/mol.